The first kappa shape index (κ1) is 17.9. The highest BCUT2D eigenvalue weighted by Gasteiger charge is 2.37. The molecule has 138 valence electrons. The van der Waals surface area contributed by atoms with E-state index in [4.69, 9.17) is 14.2 Å². The molecule has 2 heterocycles. The number of amides is 1. The van der Waals surface area contributed by atoms with Crippen molar-refractivity contribution in [1.82, 2.24) is 4.90 Å². The topological polar surface area (TPSA) is 57.2 Å². The molecule has 8 heteroatoms. The molecule has 0 aromatic heterocycles. The number of hydrogen-bond acceptors (Lipinski definition) is 5. The second-order valence-electron chi connectivity index (χ2n) is 5.89. The van der Waals surface area contributed by atoms with Crippen molar-refractivity contribution in [2.75, 3.05) is 26.9 Å². The van der Waals surface area contributed by atoms with Gasteiger partial charge in [-0.05, 0) is 31.4 Å². The fourth-order valence-corrected chi connectivity index (χ4v) is 3.30. The van der Waals surface area contributed by atoms with Gasteiger partial charge in [-0.1, -0.05) is 6.07 Å². The second kappa shape index (κ2) is 7.97. The normalized spacial score (nSPS) is 21.6. The quantitative estimate of drug-likeness (QED) is 0.811. The number of nitrogens with zero attached hydrogens (tertiary/aromatic N) is 1. The smallest absolute Gasteiger partial charge is 0.387 e. The van der Waals surface area contributed by atoms with Crippen LogP contribution in [0.25, 0.3) is 0 Å². The van der Waals surface area contributed by atoms with Gasteiger partial charge in [0.1, 0.15) is 0 Å². The van der Waals surface area contributed by atoms with Gasteiger partial charge in [0, 0.05) is 6.54 Å². The van der Waals surface area contributed by atoms with Gasteiger partial charge in [0.25, 0.3) is 5.91 Å². The van der Waals surface area contributed by atoms with E-state index >= 15 is 0 Å². The summed E-state index contributed by atoms with van der Waals surface area (Å²) in [5, 5.41) is 0. The van der Waals surface area contributed by atoms with Crippen molar-refractivity contribution in [1.29, 1.82) is 0 Å². The van der Waals surface area contributed by atoms with Crippen LogP contribution in [0.15, 0.2) is 18.2 Å². The molecule has 1 atom stereocenters. The highest BCUT2D eigenvalue weighted by atomic mass is 19.3. The van der Waals surface area contributed by atoms with Crippen molar-refractivity contribution < 1.29 is 32.5 Å². The fraction of sp³-hybridized carbons (Fsp3) is 0.588. The van der Waals surface area contributed by atoms with E-state index in [2.05, 4.69) is 4.74 Å². The van der Waals surface area contributed by atoms with Gasteiger partial charge in [-0.2, -0.15) is 8.78 Å². The minimum absolute atomic E-state index is 0.0459. The zero-order valence-corrected chi connectivity index (χ0v) is 14.0. The summed E-state index contributed by atoms with van der Waals surface area (Å²) >= 11 is 0. The van der Waals surface area contributed by atoms with Gasteiger partial charge >= 0.3 is 6.61 Å². The van der Waals surface area contributed by atoms with Crippen molar-refractivity contribution in [3.8, 4) is 11.5 Å². The van der Waals surface area contributed by atoms with Gasteiger partial charge in [0.15, 0.2) is 17.8 Å². The van der Waals surface area contributed by atoms with E-state index in [1.54, 1.807) is 11.0 Å². The molecule has 3 rings (SSSR count). The van der Waals surface area contributed by atoms with Crippen LogP contribution in [0.5, 0.6) is 11.5 Å². The molecule has 2 fully saturated rings. The number of rotatable bonds is 5. The SMILES string of the molecule is COc1cccc(C(=O)N2CCCCC2C2OCCO2)c1OC(F)F. The number of carbonyl (C=O) groups is 1. The number of benzene rings is 1. The summed E-state index contributed by atoms with van der Waals surface area (Å²) in [6, 6.07) is 4.27. The number of para-hydroxylation sites is 1. The lowest BCUT2D eigenvalue weighted by Crippen LogP contribution is -2.50. The zero-order chi connectivity index (χ0) is 17.8. The third-order valence-corrected chi connectivity index (χ3v) is 4.41. The van der Waals surface area contributed by atoms with Crippen LogP contribution >= 0.6 is 0 Å². The van der Waals surface area contributed by atoms with Crippen LogP contribution < -0.4 is 9.47 Å². The van der Waals surface area contributed by atoms with E-state index in [1.165, 1.54) is 19.2 Å². The number of carbonyl (C=O) groups excluding carboxylic acids is 1. The maximum absolute atomic E-state index is 13.1. The molecule has 25 heavy (non-hydrogen) atoms. The summed E-state index contributed by atoms with van der Waals surface area (Å²) in [7, 11) is 1.34. The number of hydrogen-bond donors (Lipinski definition) is 0. The van der Waals surface area contributed by atoms with E-state index in [-0.39, 0.29) is 23.1 Å². The Hall–Kier alpha value is -1.93. The molecule has 2 aliphatic heterocycles. The fourth-order valence-electron chi connectivity index (χ4n) is 3.30. The molecule has 6 nitrogen and oxygen atoms in total. The predicted molar refractivity (Wildman–Crippen MR) is 84.0 cm³/mol. The van der Waals surface area contributed by atoms with Crippen LogP contribution in [-0.4, -0.2) is 56.6 Å². The highest BCUT2D eigenvalue weighted by Crippen LogP contribution is 2.35. The van der Waals surface area contributed by atoms with Crippen LogP contribution in [0.4, 0.5) is 8.78 Å². The molecule has 1 unspecified atom stereocenters. The van der Waals surface area contributed by atoms with Gasteiger partial charge in [-0.15, -0.1) is 0 Å². The van der Waals surface area contributed by atoms with Gasteiger partial charge in [-0.25, -0.2) is 0 Å². The van der Waals surface area contributed by atoms with E-state index in [0.29, 0.717) is 19.8 Å². The van der Waals surface area contributed by atoms with Gasteiger partial charge in [0.05, 0.1) is 31.9 Å². The summed E-state index contributed by atoms with van der Waals surface area (Å²) < 4.78 is 46.4. The Labute approximate surface area is 144 Å². The third kappa shape index (κ3) is 3.85. The van der Waals surface area contributed by atoms with E-state index in [9.17, 15) is 13.6 Å². The molecule has 1 aromatic carbocycles. The lowest BCUT2D eigenvalue weighted by molar-refractivity contribution is -0.100. The largest absolute Gasteiger partial charge is 0.493 e. The van der Waals surface area contributed by atoms with Crippen LogP contribution in [0.2, 0.25) is 0 Å². The highest BCUT2D eigenvalue weighted by molar-refractivity contribution is 5.98. The zero-order valence-electron chi connectivity index (χ0n) is 14.0. The molecule has 0 radical (unpaired) electrons. The minimum atomic E-state index is -3.05. The summed E-state index contributed by atoms with van der Waals surface area (Å²) in [6.45, 7) is -1.57. The molecule has 1 amide bonds. The molecule has 2 aliphatic rings. The molecule has 0 aliphatic carbocycles. The molecule has 0 bridgehead atoms. The first-order valence-electron chi connectivity index (χ1n) is 8.28. The number of halogens is 2. The molecule has 0 N–H and O–H groups in total. The van der Waals surface area contributed by atoms with Crippen molar-refractivity contribution in [3.05, 3.63) is 23.8 Å². The maximum Gasteiger partial charge on any atom is 0.387 e. The van der Waals surface area contributed by atoms with Crippen molar-refractivity contribution in [2.24, 2.45) is 0 Å². The molecular weight excluding hydrogens is 336 g/mol. The summed E-state index contributed by atoms with van der Waals surface area (Å²) in [5.41, 5.74) is 0.0459. The van der Waals surface area contributed by atoms with Crippen LogP contribution in [0.3, 0.4) is 0 Å². The Kier molecular flexibility index (Phi) is 5.70. The van der Waals surface area contributed by atoms with Crippen molar-refractivity contribution >= 4 is 5.91 Å². The van der Waals surface area contributed by atoms with Crippen LogP contribution in [0, 0.1) is 0 Å². The lowest BCUT2D eigenvalue weighted by Gasteiger charge is -2.38. The molecule has 0 saturated carbocycles. The average Bonchev–Trinajstić information content (AvgIpc) is 3.15. The van der Waals surface area contributed by atoms with Gasteiger partial charge in [-0.3, -0.25) is 4.79 Å². The summed E-state index contributed by atoms with van der Waals surface area (Å²) in [5.74, 6) is -0.547. The monoisotopic (exact) mass is 357 g/mol. The number of likely N-dealkylation sites (tertiary alicyclic amines) is 1. The molecule has 0 spiro atoms. The Morgan fingerprint density at radius 3 is 2.72 bits per heavy atom. The number of ether oxygens (including phenoxy) is 4. The Morgan fingerprint density at radius 1 is 1.28 bits per heavy atom. The standard InChI is InChI=1S/C17H21F2NO5/c1-22-13-7-4-5-11(14(13)25-17(18)19)15(21)20-8-3-2-6-12(20)16-23-9-10-24-16/h4-5,7,12,16-17H,2-3,6,8-10H2,1H3. The first-order chi connectivity index (χ1) is 12.1. The van der Waals surface area contributed by atoms with Crippen molar-refractivity contribution in [3.63, 3.8) is 0 Å². The second-order valence-corrected chi connectivity index (χ2v) is 5.89. The average molecular weight is 357 g/mol. The number of methoxy groups -OCH3 is 1. The molecule has 2 saturated heterocycles. The summed E-state index contributed by atoms with van der Waals surface area (Å²) in [4.78, 5) is 14.7. The molecule has 1 aromatic rings. The van der Waals surface area contributed by atoms with Gasteiger partial charge in [0.2, 0.25) is 0 Å². The van der Waals surface area contributed by atoms with Crippen LogP contribution in [0.1, 0.15) is 29.6 Å². The van der Waals surface area contributed by atoms with E-state index in [1.807, 2.05) is 0 Å². The van der Waals surface area contributed by atoms with E-state index in [0.717, 1.165) is 19.3 Å². The number of piperidine rings is 1. The summed E-state index contributed by atoms with van der Waals surface area (Å²) in [6.07, 6.45) is 2.06. The van der Waals surface area contributed by atoms with Gasteiger partial charge < -0.3 is 23.8 Å². The predicted octanol–water partition coefficient (Wildman–Crippen LogP) is 2.66. The lowest BCUT2D eigenvalue weighted by atomic mass is 10.00. The Morgan fingerprint density at radius 2 is 2.04 bits per heavy atom. The Balaban J connectivity index is 1.90. The first-order valence-corrected chi connectivity index (χ1v) is 8.28. The maximum atomic E-state index is 13.1. The minimum Gasteiger partial charge on any atom is -0.493 e. The van der Waals surface area contributed by atoms with Crippen molar-refractivity contribution in [2.45, 2.75) is 38.2 Å². The molecular formula is C17H21F2NO5. The number of alkyl halides is 2. The van der Waals surface area contributed by atoms with E-state index < -0.39 is 18.8 Å². The third-order valence-electron chi connectivity index (χ3n) is 4.41. The van der Waals surface area contributed by atoms with Crippen LogP contribution in [-0.2, 0) is 9.47 Å². The Bertz CT molecular complexity index is 607.